The smallest absolute Gasteiger partial charge is 0.383 e. The second kappa shape index (κ2) is 10.4. The third kappa shape index (κ3) is 6.14. The zero-order valence-electron chi connectivity index (χ0n) is 19.3. The fourth-order valence-electron chi connectivity index (χ4n) is 3.32. The van der Waals surface area contributed by atoms with E-state index in [0.717, 1.165) is 24.4 Å². The number of amides is 3. The predicted octanol–water partition coefficient (Wildman–Crippen LogP) is 3.78. The minimum Gasteiger partial charge on any atom is -0.383 e. The maximum absolute atomic E-state index is 14.3. The van der Waals surface area contributed by atoms with E-state index in [4.69, 9.17) is 23.1 Å². The minimum absolute atomic E-state index is 0.0233. The van der Waals surface area contributed by atoms with Crippen LogP contribution in [0, 0.1) is 5.95 Å². The van der Waals surface area contributed by atoms with Gasteiger partial charge in [-0.2, -0.15) is 22.7 Å². The van der Waals surface area contributed by atoms with Gasteiger partial charge in [0.05, 0.1) is 34.6 Å². The van der Waals surface area contributed by atoms with Gasteiger partial charge in [-0.25, -0.2) is 9.67 Å². The molecular weight excluding hydrogens is 522 g/mol. The topological polar surface area (TPSA) is 158 Å². The number of benzene rings is 1. The average molecular weight is 542 g/mol. The van der Waals surface area contributed by atoms with Gasteiger partial charge in [-0.05, 0) is 37.6 Å². The van der Waals surface area contributed by atoms with Gasteiger partial charge in [0.1, 0.15) is 11.4 Å². The Hall–Kier alpha value is -4.20. The summed E-state index contributed by atoms with van der Waals surface area (Å²) in [5.74, 6) is -4.07. The zero-order chi connectivity index (χ0) is 27.7. The van der Waals surface area contributed by atoms with Crippen molar-refractivity contribution in [3.8, 4) is 0 Å². The third-order valence-corrected chi connectivity index (χ3v) is 5.30. The molecule has 0 aliphatic heterocycles. The normalized spacial score (nSPS) is 11.5. The van der Waals surface area contributed by atoms with Crippen LogP contribution in [0.15, 0.2) is 30.5 Å². The van der Waals surface area contributed by atoms with Crippen molar-refractivity contribution < 1.29 is 31.9 Å². The van der Waals surface area contributed by atoms with Crippen LogP contribution in [0.1, 0.15) is 51.9 Å². The molecule has 10 nitrogen and oxygen atoms in total. The lowest BCUT2D eigenvalue weighted by Crippen LogP contribution is -2.21. The molecule has 0 radical (unpaired) electrons. The van der Waals surface area contributed by atoms with Crippen LogP contribution >= 0.6 is 11.6 Å². The van der Waals surface area contributed by atoms with Crippen molar-refractivity contribution in [1.82, 2.24) is 14.8 Å². The van der Waals surface area contributed by atoms with Crippen molar-refractivity contribution in [1.29, 1.82) is 0 Å². The van der Waals surface area contributed by atoms with E-state index in [1.165, 1.54) is 10.7 Å². The Morgan fingerprint density at radius 2 is 1.84 bits per heavy atom. The molecular formula is C22H20ClF4N7O3. The summed E-state index contributed by atoms with van der Waals surface area (Å²) < 4.78 is 54.6. The van der Waals surface area contributed by atoms with Crippen LogP contribution in [-0.4, -0.2) is 32.5 Å². The summed E-state index contributed by atoms with van der Waals surface area (Å²) in [5, 5.41) is 8.01. The second-order valence-electron chi connectivity index (χ2n) is 8.06. The first-order valence-corrected chi connectivity index (χ1v) is 10.9. The lowest BCUT2D eigenvalue weighted by Gasteiger charge is -2.12. The molecule has 196 valence electrons. The Balaban J connectivity index is 1.80. The highest BCUT2D eigenvalue weighted by atomic mass is 35.5. The molecule has 2 heterocycles. The number of nitrogens with zero attached hydrogens (tertiary/aromatic N) is 3. The molecule has 3 aromatic rings. The third-order valence-electron chi connectivity index (χ3n) is 4.97. The molecule has 0 bridgehead atoms. The Labute approximate surface area is 212 Å². The van der Waals surface area contributed by atoms with Gasteiger partial charge in [0.25, 0.3) is 11.8 Å². The Morgan fingerprint density at radius 1 is 1.16 bits per heavy atom. The van der Waals surface area contributed by atoms with Crippen molar-refractivity contribution >= 4 is 46.5 Å². The molecule has 0 saturated carbocycles. The molecule has 0 aliphatic carbocycles. The van der Waals surface area contributed by atoms with E-state index in [0.29, 0.717) is 0 Å². The number of carbonyl (C=O) groups is 3. The number of aromatic nitrogens is 3. The molecule has 0 unspecified atom stereocenters. The van der Waals surface area contributed by atoms with E-state index in [-0.39, 0.29) is 28.7 Å². The number of carbonyl (C=O) groups excluding carboxylic acids is 3. The minimum atomic E-state index is -4.71. The molecule has 0 aliphatic rings. The number of pyridine rings is 1. The molecule has 2 aromatic heterocycles. The number of nitrogen functional groups attached to an aromatic ring is 1. The summed E-state index contributed by atoms with van der Waals surface area (Å²) in [7, 11) is 0. The van der Waals surface area contributed by atoms with Gasteiger partial charge in [-0.15, -0.1) is 0 Å². The van der Waals surface area contributed by atoms with E-state index < -0.39 is 58.2 Å². The van der Waals surface area contributed by atoms with Gasteiger partial charge in [-0.3, -0.25) is 14.4 Å². The van der Waals surface area contributed by atoms with Crippen molar-refractivity contribution in [3.05, 3.63) is 63.8 Å². The number of nitrogens with two attached hydrogens (primary N) is 2. The summed E-state index contributed by atoms with van der Waals surface area (Å²) in [4.78, 5) is 40.4. The van der Waals surface area contributed by atoms with Crippen LogP contribution in [0.2, 0.25) is 5.02 Å². The van der Waals surface area contributed by atoms with Crippen LogP contribution in [0.3, 0.4) is 0 Å². The Kier molecular flexibility index (Phi) is 7.71. The standard InChI is InChI=1S/C22H20ClF4N7O3/c1-9(2)34-19(28)16(20(29)36)17(33-34)21(37)32-14-7-11(8-30-18(14)24)31-15(35)6-10-3-4-13(23)12(5-10)22(25,26)27/h3-5,7-9H,6,28H2,1-2H3,(H2,29,36)(H,31,35)(H,32,37). The van der Waals surface area contributed by atoms with Crippen LogP contribution in [-0.2, 0) is 17.4 Å². The highest BCUT2D eigenvalue weighted by molar-refractivity contribution is 6.31. The van der Waals surface area contributed by atoms with Crippen molar-refractivity contribution in [2.75, 3.05) is 16.4 Å². The van der Waals surface area contributed by atoms with E-state index in [9.17, 15) is 31.9 Å². The first kappa shape index (κ1) is 27.4. The van der Waals surface area contributed by atoms with E-state index >= 15 is 0 Å². The molecule has 6 N–H and O–H groups in total. The van der Waals surface area contributed by atoms with Crippen LogP contribution in [0.5, 0.6) is 0 Å². The fourth-order valence-corrected chi connectivity index (χ4v) is 3.54. The number of hydrogen-bond acceptors (Lipinski definition) is 6. The van der Waals surface area contributed by atoms with Crippen molar-refractivity contribution in [2.24, 2.45) is 5.73 Å². The number of rotatable bonds is 7. The van der Waals surface area contributed by atoms with Gasteiger partial charge < -0.3 is 22.1 Å². The predicted molar refractivity (Wildman–Crippen MR) is 126 cm³/mol. The Bertz CT molecular complexity index is 1390. The maximum Gasteiger partial charge on any atom is 0.417 e. The molecule has 0 atom stereocenters. The van der Waals surface area contributed by atoms with E-state index in [1.807, 2.05) is 0 Å². The monoisotopic (exact) mass is 541 g/mol. The van der Waals surface area contributed by atoms with Gasteiger partial charge in [0.2, 0.25) is 11.9 Å². The molecule has 0 saturated heterocycles. The maximum atomic E-state index is 14.3. The number of halogens is 5. The first-order chi connectivity index (χ1) is 17.2. The first-order valence-electron chi connectivity index (χ1n) is 10.5. The summed E-state index contributed by atoms with van der Waals surface area (Å²) in [6.45, 7) is 3.39. The average Bonchev–Trinajstić information content (AvgIpc) is 3.14. The molecule has 3 amide bonds. The van der Waals surface area contributed by atoms with Crippen LogP contribution in [0.4, 0.5) is 34.8 Å². The van der Waals surface area contributed by atoms with Gasteiger partial charge in [0.15, 0.2) is 5.69 Å². The summed E-state index contributed by atoms with van der Waals surface area (Å²) in [6, 6.07) is 3.71. The summed E-state index contributed by atoms with van der Waals surface area (Å²) >= 11 is 5.58. The fraction of sp³-hybridized carbons (Fsp3) is 0.227. The van der Waals surface area contributed by atoms with Crippen molar-refractivity contribution in [2.45, 2.75) is 32.5 Å². The number of alkyl halides is 3. The number of hydrogen-bond donors (Lipinski definition) is 4. The molecule has 15 heteroatoms. The largest absolute Gasteiger partial charge is 0.417 e. The molecule has 37 heavy (non-hydrogen) atoms. The van der Waals surface area contributed by atoms with Gasteiger partial charge in [-0.1, -0.05) is 17.7 Å². The second-order valence-corrected chi connectivity index (χ2v) is 8.47. The number of anilines is 3. The summed E-state index contributed by atoms with van der Waals surface area (Å²) in [5.41, 5.74) is 8.75. The molecule has 0 fully saturated rings. The number of nitrogens with one attached hydrogen (secondary N) is 2. The molecule has 3 rings (SSSR count). The SMILES string of the molecule is CC(C)n1nc(C(=O)Nc2cc(NC(=O)Cc3ccc(Cl)c(C(F)(F)F)c3)cnc2F)c(C(N)=O)c1N. The van der Waals surface area contributed by atoms with Gasteiger partial charge >= 0.3 is 6.18 Å². The van der Waals surface area contributed by atoms with E-state index in [1.54, 1.807) is 13.8 Å². The molecule has 1 aromatic carbocycles. The highest BCUT2D eigenvalue weighted by Gasteiger charge is 2.33. The highest BCUT2D eigenvalue weighted by Crippen LogP contribution is 2.35. The summed E-state index contributed by atoms with van der Waals surface area (Å²) in [6.07, 6.45) is -4.24. The van der Waals surface area contributed by atoms with Crippen LogP contribution in [0.25, 0.3) is 0 Å². The number of primary amides is 1. The van der Waals surface area contributed by atoms with Crippen molar-refractivity contribution in [3.63, 3.8) is 0 Å². The Morgan fingerprint density at radius 3 is 2.43 bits per heavy atom. The van der Waals surface area contributed by atoms with E-state index in [2.05, 4.69) is 20.7 Å². The molecule has 0 spiro atoms. The lowest BCUT2D eigenvalue weighted by molar-refractivity contribution is -0.137. The lowest BCUT2D eigenvalue weighted by atomic mass is 10.1. The van der Waals surface area contributed by atoms with Gasteiger partial charge in [0, 0.05) is 6.04 Å². The quantitative estimate of drug-likeness (QED) is 0.263. The zero-order valence-corrected chi connectivity index (χ0v) is 20.0. The van der Waals surface area contributed by atoms with Crippen LogP contribution < -0.4 is 22.1 Å².